The SMILES string of the molecule is CNC1Cc2c(cccc2CO)C#CC23CCC(Cc4cccc(c4)Cc4cccc(c4)CCC4CCC5(C4)CC4(C=O)C6CCC7(C2)C2(CO)C8=CC(=O)OC8C1CC2CC7(O)C6(O)CC1CC(C(C)C2CCCC2)CCC(C5O)C14O)C3. The molecule has 10 heteroatoms. The summed E-state index contributed by atoms with van der Waals surface area (Å²) in [6.07, 6.45) is 18.8. The molecule has 14 aliphatic rings. The predicted molar refractivity (Wildman–Crippen MR) is 321 cm³/mol. The van der Waals surface area contributed by atoms with Gasteiger partial charge < -0.3 is 45.5 Å². The largest absolute Gasteiger partial charge is 0.454 e. The van der Waals surface area contributed by atoms with Gasteiger partial charge in [-0.25, -0.2) is 4.79 Å². The van der Waals surface area contributed by atoms with Crippen molar-refractivity contribution in [2.75, 3.05) is 13.7 Å². The van der Waals surface area contributed by atoms with Crippen LogP contribution in [0.25, 0.3) is 0 Å². The molecule has 0 saturated heterocycles. The summed E-state index contributed by atoms with van der Waals surface area (Å²) in [6.45, 7) is 1.89. The first-order chi connectivity index (χ1) is 40.5. The number of esters is 1. The summed E-state index contributed by atoms with van der Waals surface area (Å²) in [5, 5.41) is 86.8. The number of rotatable bonds is 6. The number of aryl methyl sites for hydroxylation is 1. The summed E-state index contributed by atoms with van der Waals surface area (Å²) < 4.78 is 6.59. The van der Waals surface area contributed by atoms with E-state index in [1.54, 1.807) is 6.08 Å². The summed E-state index contributed by atoms with van der Waals surface area (Å²) >= 11 is 0. The summed E-state index contributed by atoms with van der Waals surface area (Å²) in [6, 6.07) is 23.9. The highest BCUT2D eigenvalue weighted by molar-refractivity contribution is 5.87. The van der Waals surface area contributed by atoms with Crippen LogP contribution in [-0.4, -0.2) is 91.6 Å². The van der Waals surface area contributed by atoms with Gasteiger partial charge in [0.25, 0.3) is 0 Å². The predicted octanol–water partition coefficient (Wildman–Crippen LogP) is 10.1. The molecule has 20 unspecified atom stereocenters. The Morgan fingerprint density at radius 1 is 0.774 bits per heavy atom. The number of hydrogen-bond donors (Lipinski definition) is 7. The van der Waals surface area contributed by atoms with Crippen LogP contribution in [0.2, 0.25) is 0 Å². The molecular formula is C74H93NO9. The summed E-state index contributed by atoms with van der Waals surface area (Å²) in [5.74, 6) is 6.30. The van der Waals surface area contributed by atoms with Gasteiger partial charge in [-0.3, -0.25) is 0 Å². The minimum Gasteiger partial charge on any atom is -0.454 e. The van der Waals surface area contributed by atoms with Crippen LogP contribution in [0.3, 0.4) is 0 Å². The molecular weight excluding hydrogens is 1050 g/mol. The Bertz CT molecular complexity index is 3210. The highest BCUT2D eigenvalue weighted by atomic mass is 16.5. The summed E-state index contributed by atoms with van der Waals surface area (Å²) in [4.78, 5) is 29.9. The molecule has 9 fully saturated rings. The van der Waals surface area contributed by atoms with Gasteiger partial charge in [0.1, 0.15) is 18.0 Å². The van der Waals surface area contributed by atoms with Crippen molar-refractivity contribution in [1.29, 1.82) is 0 Å². The van der Waals surface area contributed by atoms with Gasteiger partial charge in [0.2, 0.25) is 0 Å². The molecule has 0 amide bonds. The zero-order chi connectivity index (χ0) is 57.8. The Morgan fingerprint density at radius 2 is 1.54 bits per heavy atom. The van der Waals surface area contributed by atoms with E-state index >= 15 is 15.0 Å². The monoisotopic (exact) mass is 1140 g/mol. The number of carbonyl (C=O) groups excluding carboxylic acids is 2. The zero-order valence-corrected chi connectivity index (χ0v) is 50.0. The first kappa shape index (κ1) is 56.3. The van der Waals surface area contributed by atoms with E-state index in [0.717, 1.165) is 99.2 Å². The zero-order valence-electron chi connectivity index (χ0n) is 50.0. The number of aliphatic hydroxyl groups is 6. The highest BCUT2D eigenvalue weighted by Gasteiger charge is 2.87. The van der Waals surface area contributed by atoms with Gasteiger partial charge in [0.05, 0.1) is 35.9 Å². The Balaban J connectivity index is 0.968. The van der Waals surface area contributed by atoms with Gasteiger partial charge in [0.15, 0.2) is 0 Å². The Morgan fingerprint density at radius 3 is 2.31 bits per heavy atom. The second-order valence-corrected chi connectivity index (χ2v) is 31.0. The maximum atomic E-state index is 15.6. The standard InChI is InChI=1S/C74H93NO9/c1-45(52-12-3-4-13-52)54-18-19-60-66(80)68-26-21-47(37-68)17-16-46-8-5-9-48(28-46)29-49-10-6-11-50(30-49)31-51-20-24-67(36-51)25-22-53-14-7-15-55(40-76)58(53)34-62(75-2)59-33-56-39-73(82)70(41-67,71(56,44-78)61-35-64(79)84-65(59)61)27-23-63-69(42-68,43-77)74(60,83)57(32-54)38-72(63,73)81/h5-11,14-15,28,30,35,43,45,47,51-52,54,56-57,59-60,62-63,65-66,75-76,78,80-83H,3-4,12-13,16-21,23-24,26-27,29,31-34,36-42,44H2,1-2H3. The van der Waals surface area contributed by atoms with Gasteiger partial charge in [-0.1, -0.05) is 105 Å². The molecule has 0 aromatic heterocycles. The molecule has 20 atom stereocenters. The molecule has 84 heavy (non-hydrogen) atoms. The molecule has 15 bridgehead atoms. The van der Waals surface area contributed by atoms with Crippen LogP contribution in [0.1, 0.15) is 181 Å². The van der Waals surface area contributed by atoms with E-state index < -0.39 is 85.7 Å². The number of likely N-dealkylation sites (N-methyl/N-ethyl adjacent to an activating group) is 1. The molecule has 1 heterocycles. The third-order valence-electron chi connectivity index (χ3n) is 27.9. The molecule has 7 N–H and O–H groups in total. The molecule has 3 aromatic rings. The van der Waals surface area contributed by atoms with E-state index in [0.29, 0.717) is 62.7 Å². The maximum absolute atomic E-state index is 15.6. The van der Waals surface area contributed by atoms with Gasteiger partial charge in [-0.05, 0) is 234 Å². The van der Waals surface area contributed by atoms with Crippen LogP contribution < -0.4 is 5.32 Å². The van der Waals surface area contributed by atoms with Crippen molar-refractivity contribution in [3.05, 3.63) is 117 Å². The Hall–Kier alpha value is -4.18. The summed E-state index contributed by atoms with van der Waals surface area (Å²) in [5.41, 5.74) is -2.39. The number of benzene rings is 3. The number of aldehydes is 1. The first-order valence-electron chi connectivity index (χ1n) is 33.5. The van der Waals surface area contributed by atoms with Crippen LogP contribution in [0.15, 0.2) is 78.4 Å². The van der Waals surface area contributed by atoms with E-state index in [1.165, 1.54) is 47.9 Å². The van der Waals surface area contributed by atoms with Crippen LogP contribution in [0, 0.1) is 98.1 Å². The Labute approximate surface area is 498 Å². The summed E-state index contributed by atoms with van der Waals surface area (Å²) in [7, 11) is 1.94. The van der Waals surface area contributed by atoms with Gasteiger partial charge >= 0.3 is 5.97 Å². The van der Waals surface area contributed by atoms with Crippen LogP contribution in [0.5, 0.6) is 0 Å². The molecule has 9 saturated carbocycles. The fourth-order valence-corrected chi connectivity index (χ4v) is 24.5. The highest BCUT2D eigenvalue weighted by Crippen LogP contribution is 2.83. The molecule has 448 valence electrons. The lowest BCUT2D eigenvalue weighted by Gasteiger charge is -2.74. The van der Waals surface area contributed by atoms with Crippen molar-refractivity contribution in [2.45, 2.75) is 209 Å². The second-order valence-electron chi connectivity index (χ2n) is 31.0. The van der Waals surface area contributed by atoms with Crippen LogP contribution in [-0.2, 0) is 46.6 Å². The average molecular weight is 1140 g/mol. The van der Waals surface area contributed by atoms with E-state index in [9.17, 15) is 25.2 Å². The number of carbonyl (C=O) groups is 2. The maximum Gasteiger partial charge on any atom is 0.331 e. The molecule has 17 rings (SSSR count). The van der Waals surface area contributed by atoms with Gasteiger partial charge in [-0.15, -0.1) is 0 Å². The van der Waals surface area contributed by atoms with Crippen molar-refractivity contribution in [3.63, 3.8) is 0 Å². The Kier molecular flexibility index (Phi) is 13.5. The average Bonchev–Trinajstić information content (AvgIpc) is 1.40. The molecule has 1 aliphatic heterocycles. The minimum atomic E-state index is -1.93. The third-order valence-corrected chi connectivity index (χ3v) is 27.9. The van der Waals surface area contributed by atoms with Crippen LogP contribution >= 0.6 is 0 Å². The van der Waals surface area contributed by atoms with Crippen molar-refractivity contribution in [2.24, 2.45) is 86.3 Å². The second kappa shape index (κ2) is 20.2. The first-order valence-corrected chi connectivity index (χ1v) is 33.5. The lowest BCUT2D eigenvalue weighted by atomic mass is 9.32. The third kappa shape index (κ3) is 7.79. The van der Waals surface area contributed by atoms with Crippen LogP contribution in [0.4, 0.5) is 0 Å². The van der Waals surface area contributed by atoms with Crippen molar-refractivity contribution >= 4 is 12.3 Å². The number of hydrogen-bond acceptors (Lipinski definition) is 10. The lowest BCUT2D eigenvalue weighted by molar-refractivity contribution is -0.360. The fraction of sp³-hybridized carbons (Fsp3) is 0.676. The smallest absolute Gasteiger partial charge is 0.331 e. The minimum absolute atomic E-state index is 0.0808. The lowest BCUT2D eigenvalue weighted by Crippen LogP contribution is -2.83. The van der Waals surface area contributed by atoms with E-state index in [-0.39, 0.29) is 56.3 Å². The van der Waals surface area contributed by atoms with Crippen molar-refractivity contribution in [3.8, 4) is 11.8 Å². The molecule has 3 spiro atoms. The molecule has 10 nitrogen and oxygen atoms in total. The number of nitrogens with one attached hydrogen (secondary N) is 1. The fourth-order valence-electron chi connectivity index (χ4n) is 24.5. The number of ether oxygens (including phenoxy) is 1. The molecule has 13 aliphatic carbocycles. The topological polar surface area (TPSA) is 177 Å². The molecule has 3 aromatic carbocycles. The van der Waals surface area contributed by atoms with Crippen molar-refractivity contribution in [1.82, 2.24) is 5.32 Å². The van der Waals surface area contributed by atoms with E-state index in [4.69, 9.17) is 4.74 Å². The normalized spacial score (nSPS) is 45.7. The number of aliphatic hydroxyl groups excluding tert-OH is 3. The van der Waals surface area contributed by atoms with Gasteiger partial charge in [-0.2, -0.15) is 0 Å². The van der Waals surface area contributed by atoms with Crippen molar-refractivity contribution < 1.29 is 45.0 Å². The quantitative estimate of drug-likeness (QED) is 0.0715. The van der Waals surface area contributed by atoms with Gasteiger partial charge in [0, 0.05) is 51.7 Å². The molecule has 0 radical (unpaired) electrons. The number of fused-ring (bicyclic) bond motifs is 3. The van der Waals surface area contributed by atoms with E-state index in [1.807, 2.05) is 19.2 Å². The van der Waals surface area contributed by atoms with E-state index in [2.05, 4.69) is 78.7 Å².